The van der Waals surface area contributed by atoms with Crippen LogP contribution in [0.2, 0.25) is 0 Å². The highest BCUT2D eigenvalue weighted by Gasteiger charge is 2.23. The molecule has 2 aromatic carbocycles. The van der Waals surface area contributed by atoms with Crippen molar-refractivity contribution in [1.29, 1.82) is 0 Å². The zero-order chi connectivity index (χ0) is 21.6. The van der Waals surface area contributed by atoms with Crippen LogP contribution in [-0.4, -0.2) is 57.1 Å². The van der Waals surface area contributed by atoms with Crippen molar-refractivity contribution in [2.75, 3.05) is 26.2 Å². The van der Waals surface area contributed by atoms with E-state index >= 15 is 0 Å². The van der Waals surface area contributed by atoms with Gasteiger partial charge >= 0.3 is 0 Å². The summed E-state index contributed by atoms with van der Waals surface area (Å²) in [6, 6.07) is 17.5. The smallest absolute Gasteiger partial charge is 0.273 e. The van der Waals surface area contributed by atoms with Gasteiger partial charge in [0.25, 0.3) is 5.91 Å². The zero-order valence-electron chi connectivity index (χ0n) is 17.9. The average molecular weight is 420 g/mol. The molecule has 2 N–H and O–H groups in total. The molecule has 7 nitrogen and oxygen atoms in total. The first-order chi connectivity index (χ1) is 15.1. The summed E-state index contributed by atoms with van der Waals surface area (Å²) < 4.78 is 1.81. The minimum atomic E-state index is -0.304. The molecule has 2 heterocycles. The van der Waals surface area contributed by atoms with Gasteiger partial charge in [-0.15, -0.1) is 5.10 Å². The summed E-state index contributed by atoms with van der Waals surface area (Å²) in [5.74, 6) is -0.304. The summed E-state index contributed by atoms with van der Waals surface area (Å²) in [5.41, 5.74) is 5.38. The van der Waals surface area contributed by atoms with Crippen molar-refractivity contribution >= 4 is 5.91 Å². The molecule has 1 atom stereocenters. The maximum atomic E-state index is 12.0. The van der Waals surface area contributed by atoms with Crippen LogP contribution in [0.15, 0.2) is 54.7 Å². The number of likely N-dealkylation sites (tertiary alicyclic amines) is 1. The van der Waals surface area contributed by atoms with Crippen LogP contribution >= 0.6 is 0 Å². The summed E-state index contributed by atoms with van der Waals surface area (Å²) >= 11 is 0. The van der Waals surface area contributed by atoms with Gasteiger partial charge in [-0.3, -0.25) is 9.69 Å². The number of hydrogen-bond acceptors (Lipinski definition) is 5. The predicted molar refractivity (Wildman–Crippen MR) is 120 cm³/mol. The van der Waals surface area contributed by atoms with Gasteiger partial charge in [0, 0.05) is 19.6 Å². The number of benzene rings is 2. The molecule has 0 aliphatic carbocycles. The highest BCUT2D eigenvalue weighted by molar-refractivity contribution is 5.91. The van der Waals surface area contributed by atoms with Gasteiger partial charge in [-0.05, 0) is 48.6 Å². The van der Waals surface area contributed by atoms with Crippen LogP contribution in [0, 0.1) is 6.92 Å². The van der Waals surface area contributed by atoms with Crippen molar-refractivity contribution in [1.82, 2.24) is 25.2 Å². The molecular formula is C24H29N5O2. The SMILES string of the molecule is Cc1ccccc1-c1ccc(CN2CCCC(n3cc(C(=O)NCCO)nn3)C2)cc1. The van der Waals surface area contributed by atoms with E-state index in [1.807, 2.05) is 0 Å². The van der Waals surface area contributed by atoms with E-state index in [2.05, 4.69) is 76.0 Å². The predicted octanol–water partition coefficient (Wildman–Crippen LogP) is 2.81. The molecule has 162 valence electrons. The van der Waals surface area contributed by atoms with Crippen LogP contribution in [0.25, 0.3) is 11.1 Å². The van der Waals surface area contributed by atoms with Crippen LogP contribution in [0.5, 0.6) is 0 Å². The van der Waals surface area contributed by atoms with E-state index in [0.29, 0.717) is 0 Å². The Balaban J connectivity index is 1.38. The maximum Gasteiger partial charge on any atom is 0.273 e. The normalized spacial score (nSPS) is 16.9. The summed E-state index contributed by atoms with van der Waals surface area (Å²) in [6.07, 6.45) is 3.81. The highest BCUT2D eigenvalue weighted by atomic mass is 16.3. The van der Waals surface area contributed by atoms with Crippen LogP contribution in [-0.2, 0) is 6.54 Å². The lowest BCUT2D eigenvalue weighted by molar-refractivity contribution is 0.0939. The molecule has 3 aromatic rings. The lowest BCUT2D eigenvalue weighted by Gasteiger charge is -2.32. The van der Waals surface area contributed by atoms with Gasteiger partial charge in [-0.25, -0.2) is 4.68 Å². The summed E-state index contributed by atoms with van der Waals surface area (Å²) in [4.78, 5) is 14.4. The van der Waals surface area contributed by atoms with E-state index in [-0.39, 0.29) is 30.8 Å². The van der Waals surface area contributed by atoms with Gasteiger partial charge in [0.2, 0.25) is 0 Å². The zero-order valence-corrected chi connectivity index (χ0v) is 17.9. The molecule has 1 aliphatic heterocycles. The molecule has 0 bridgehead atoms. The number of aryl methyl sites for hydroxylation is 1. The van der Waals surface area contributed by atoms with E-state index < -0.39 is 0 Å². The second-order valence-electron chi connectivity index (χ2n) is 8.11. The average Bonchev–Trinajstić information content (AvgIpc) is 3.29. The van der Waals surface area contributed by atoms with Crippen LogP contribution in [0.3, 0.4) is 0 Å². The number of nitrogens with one attached hydrogen (secondary N) is 1. The topological polar surface area (TPSA) is 83.3 Å². The molecule has 4 rings (SSSR count). The third-order valence-electron chi connectivity index (χ3n) is 5.81. The second kappa shape index (κ2) is 9.85. The van der Waals surface area contributed by atoms with E-state index in [4.69, 9.17) is 5.11 Å². The number of aromatic nitrogens is 3. The Labute approximate surface area is 182 Å². The van der Waals surface area contributed by atoms with Crippen LogP contribution in [0.1, 0.15) is 40.5 Å². The quantitative estimate of drug-likeness (QED) is 0.615. The lowest BCUT2D eigenvalue weighted by atomic mass is 9.99. The van der Waals surface area contributed by atoms with Crippen molar-refractivity contribution in [3.63, 3.8) is 0 Å². The number of aliphatic hydroxyl groups excluding tert-OH is 1. The Bertz CT molecular complexity index is 1010. The summed E-state index contributed by atoms with van der Waals surface area (Å²) in [6.45, 7) is 5.08. The number of piperidine rings is 1. The first-order valence-electron chi connectivity index (χ1n) is 10.8. The van der Waals surface area contributed by atoms with Crippen LogP contribution < -0.4 is 5.32 Å². The summed E-state index contributed by atoms with van der Waals surface area (Å²) in [7, 11) is 0. The molecule has 0 saturated carbocycles. The van der Waals surface area contributed by atoms with E-state index in [1.54, 1.807) is 10.9 Å². The molecular weight excluding hydrogens is 390 g/mol. The summed E-state index contributed by atoms with van der Waals surface area (Å²) in [5, 5.41) is 19.6. The van der Waals surface area contributed by atoms with Crippen molar-refractivity contribution < 1.29 is 9.90 Å². The molecule has 1 saturated heterocycles. The molecule has 1 unspecified atom stereocenters. The number of hydrogen-bond donors (Lipinski definition) is 2. The largest absolute Gasteiger partial charge is 0.395 e. The molecule has 1 aromatic heterocycles. The lowest BCUT2D eigenvalue weighted by Crippen LogP contribution is -2.36. The van der Waals surface area contributed by atoms with Gasteiger partial charge < -0.3 is 10.4 Å². The number of amides is 1. The Morgan fingerprint density at radius 1 is 1.19 bits per heavy atom. The molecule has 0 radical (unpaired) electrons. The standard InChI is InChI=1S/C24H29N5O2/c1-18-5-2-3-7-22(18)20-10-8-19(9-11-20)15-28-13-4-6-21(16-28)29-17-23(26-27-29)24(31)25-12-14-30/h2-3,5,7-11,17,21,30H,4,6,12-16H2,1H3,(H,25,31). The third-order valence-corrected chi connectivity index (χ3v) is 5.81. The molecule has 1 amide bonds. The fraction of sp³-hybridized carbons (Fsp3) is 0.375. The van der Waals surface area contributed by atoms with Gasteiger partial charge in [-0.1, -0.05) is 53.7 Å². The number of aliphatic hydroxyl groups is 1. The maximum absolute atomic E-state index is 12.0. The van der Waals surface area contributed by atoms with E-state index in [9.17, 15) is 4.79 Å². The number of carbonyl (C=O) groups excluding carboxylic acids is 1. The fourth-order valence-corrected chi connectivity index (χ4v) is 4.15. The van der Waals surface area contributed by atoms with Crippen molar-refractivity contribution in [2.45, 2.75) is 32.4 Å². The third kappa shape index (κ3) is 5.18. The Morgan fingerprint density at radius 3 is 2.77 bits per heavy atom. The highest BCUT2D eigenvalue weighted by Crippen LogP contribution is 2.25. The minimum absolute atomic E-state index is 0.0939. The van der Waals surface area contributed by atoms with E-state index in [1.165, 1.54) is 22.3 Å². The van der Waals surface area contributed by atoms with Crippen molar-refractivity contribution in [2.24, 2.45) is 0 Å². The first kappa shape index (κ1) is 21.2. The Hall–Kier alpha value is -3.03. The molecule has 0 spiro atoms. The number of carbonyl (C=O) groups is 1. The van der Waals surface area contributed by atoms with Crippen molar-refractivity contribution in [3.05, 3.63) is 71.5 Å². The first-order valence-corrected chi connectivity index (χ1v) is 10.8. The van der Waals surface area contributed by atoms with Gasteiger partial charge in [0.15, 0.2) is 5.69 Å². The van der Waals surface area contributed by atoms with Gasteiger partial charge in [0.05, 0.1) is 18.8 Å². The molecule has 31 heavy (non-hydrogen) atoms. The number of rotatable bonds is 7. The van der Waals surface area contributed by atoms with E-state index in [0.717, 1.165) is 32.5 Å². The van der Waals surface area contributed by atoms with Gasteiger partial charge in [0.1, 0.15) is 0 Å². The Kier molecular flexibility index (Phi) is 6.74. The fourth-order valence-electron chi connectivity index (χ4n) is 4.15. The van der Waals surface area contributed by atoms with Crippen molar-refractivity contribution in [3.8, 4) is 11.1 Å². The second-order valence-corrected chi connectivity index (χ2v) is 8.11. The minimum Gasteiger partial charge on any atom is -0.395 e. The monoisotopic (exact) mass is 419 g/mol. The molecule has 7 heteroatoms. The van der Waals surface area contributed by atoms with Gasteiger partial charge in [-0.2, -0.15) is 0 Å². The van der Waals surface area contributed by atoms with Crippen LogP contribution in [0.4, 0.5) is 0 Å². The Morgan fingerprint density at radius 2 is 2.00 bits per heavy atom. The molecule has 1 fully saturated rings. The number of nitrogens with zero attached hydrogens (tertiary/aromatic N) is 4. The molecule has 1 aliphatic rings.